The van der Waals surface area contributed by atoms with E-state index in [1.165, 1.54) is 0 Å². The third-order valence-corrected chi connectivity index (χ3v) is 1.62. The van der Waals surface area contributed by atoms with Gasteiger partial charge in [0, 0.05) is 6.42 Å². The van der Waals surface area contributed by atoms with Gasteiger partial charge in [-0.2, -0.15) is 18.2 Å². The summed E-state index contributed by atoms with van der Waals surface area (Å²) in [6, 6.07) is 0. The number of aliphatic imine (C=N–C) groups is 1. The molecule has 0 radical (unpaired) electrons. The van der Waals surface area contributed by atoms with Crippen molar-refractivity contribution in [2.24, 2.45) is 16.5 Å². The molecule has 0 aliphatic rings. The lowest BCUT2D eigenvalue weighted by Crippen LogP contribution is -2.24. The van der Waals surface area contributed by atoms with E-state index in [4.69, 9.17) is 11.5 Å². The zero-order valence-corrected chi connectivity index (χ0v) is 8.18. The molecule has 0 heterocycles. The number of nitrogens with two attached hydrogens (primary N) is 2. The van der Waals surface area contributed by atoms with E-state index >= 15 is 0 Å². The lowest BCUT2D eigenvalue weighted by Gasteiger charge is -2.02. The lowest BCUT2D eigenvalue weighted by atomic mass is 10.2. The van der Waals surface area contributed by atoms with Crippen molar-refractivity contribution in [2.75, 3.05) is 6.54 Å². The van der Waals surface area contributed by atoms with E-state index in [2.05, 4.69) is 4.99 Å². The molecular weight excluding hydrogens is 211 g/mol. The molecule has 0 saturated carbocycles. The number of rotatable bonds is 5. The van der Waals surface area contributed by atoms with E-state index in [0.717, 1.165) is 12.8 Å². The number of carbonyl (C=O) groups excluding carboxylic acids is 1. The molecular formula is C8H14F3N3O. The third kappa shape index (κ3) is 6.89. The summed E-state index contributed by atoms with van der Waals surface area (Å²) in [6.07, 6.45) is -2.64. The van der Waals surface area contributed by atoms with Crippen molar-refractivity contribution in [3.8, 4) is 0 Å². The average molecular weight is 225 g/mol. The minimum Gasteiger partial charge on any atom is -0.387 e. The number of alkyl halides is 3. The van der Waals surface area contributed by atoms with Gasteiger partial charge in [-0.3, -0.25) is 4.79 Å². The van der Waals surface area contributed by atoms with Gasteiger partial charge in [0.05, 0.1) is 0 Å². The lowest BCUT2D eigenvalue weighted by molar-refractivity contribution is -0.169. The molecule has 0 saturated heterocycles. The Morgan fingerprint density at radius 2 is 1.80 bits per heavy atom. The maximum Gasteiger partial charge on any atom is 0.473 e. The number of halogens is 3. The molecule has 0 rings (SSSR count). The van der Waals surface area contributed by atoms with E-state index in [1.54, 1.807) is 0 Å². The number of hydrogen-bond acceptors (Lipinski definition) is 2. The summed E-state index contributed by atoms with van der Waals surface area (Å²) in [5, 5.41) is 0. The minimum atomic E-state index is -4.94. The fourth-order valence-electron chi connectivity index (χ4n) is 0.877. The highest BCUT2D eigenvalue weighted by Crippen LogP contribution is 2.16. The van der Waals surface area contributed by atoms with E-state index in [0.29, 0.717) is 13.0 Å². The van der Waals surface area contributed by atoms with Crippen LogP contribution in [0.4, 0.5) is 13.2 Å². The fourth-order valence-corrected chi connectivity index (χ4v) is 0.877. The number of hydrogen-bond donors (Lipinski definition) is 2. The van der Waals surface area contributed by atoms with E-state index < -0.39 is 12.1 Å². The van der Waals surface area contributed by atoms with Gasteiger partial charge < -0.3 is 11.5 Å². The Bertz CT molecular complexity index is 238. The van der Waals surface area contributed by atoms with Crippen LogP contribution in [-0.4, -0.2) is 24.5 Å². The molecule has 0 aromatic rings. The Kier molecular flexibility index (Phi) is 5.92. The Balaban J connectivity index is 3.93. The molecule has 88 valence electrons. The Morgan fingerprint density at radius 3 is 2.27 bits per heavy atom. The van der Waals surface area contributed by atoms with Gasteiger partial charge in [-0.05, 0) is 19.4 Å². The van der Waals surface area contributed by atoms with Gasteiger partial charge in [0.2, 0.25) is 0 Å². The molecule has 4 N–H and O–H groups in total. The summed E-state index contributed by atoms with van der Waals surface area (Å²) in [5.41, 5.74) is 10.4. The summed E-state index contributed by atoms with van der Waals surface area (Å²) in [7, 11) is 0. The van der Waals surface area contributed by atoms with Crippen LogP contribution in [0.15, 0.2) is 4.99 Å². The topological polar surface area (TPSA) is 81.5 Å². The van der Waals surface area contributed by atoms with Gasteiger partial charge >= 0.3 is 12.1 Å². The van der Waals surface area contributed by atoms with Gasteiger partial charge in [0.15, 0.2) is 0 Å². The van der Waals surface area contributed by atoms with Crippen LogP contribution in [0.1, 0.15) is 25.7 Å². The first-order valence-electron chi connectivity index (χ1n) is 4.52. The van der Waals surface area contributed by atoms with Crippen molar-refractivity contribution in [2.45, 2.75) is 31.9 Å². The number of carbonyl (C=O) groups is 1. The van der Waals surface area contributed by atoms with Crippen molar-refractivity contribution in [3.05, 3.63) is 0 Å². The Labute approximate surface area is 85.5 Å². The van der Waals surface area contributed by atoms with E-state index in [1.807, 2.05) is 0 Å². The zero-order valence-electron chi connectivity index (χ0n) is 8.18. The quantitative estimate of drug-likeness (QED) is 0.415. The van der Waals surface area contributed by atoms with Crippen LogP contribution in [0.3, 0.4) is 0 Å². The highest BCUT2D eigenvalue weighted by atomic mass is 19.4. The van der Waals surface area contributed by atoms with Crippen LogP contribution >= 0.6 is 0 Å². The molecule has 0 fully saturated rings. The van der Waals surface area contributed by atoms with Gasteiger partial charge in [-0.25, -0.2) is 0 Å². The first kappa shape index (κ1) is 13.9. The second-order valence-electron chi connectivity index (χ2n) is 3.01. The largest absolute Gasteiger partial charge is 0.473 e. The van der Waals surface area contributed by atoms with Crippen molar-refractivity contribution < 1.29 is 18.0 Å². The molecule has 0 spiro atoms. The SMILES string of the molecule is NCCCCCC(N)=NC(=O)C(F)(F)F. The summed E-state index contributed by atoms with van der Waals surface area (Å²) in [5.74, 6) is -2.44. The number of amides is 1. The van der Waals surface area contributed by atoms with Crippen LogP contribution < -0.4 is 11.5 Å². The van der Waals surface area contributed by atoms with Crippen molar-refractivity contribution in [3.63, 3.8) is 0 Å². The van der Waals surface area contributed by atoms with E-state index in [9.17, 15) is 18.0 Å². The molecule has 7 heteroatoms. The summed E-state index contributed by atoms with van der Waals surface area (Å²) < 4.78 is 35.2. The first-order chi connectivity index (χ1) is 6.88. The molecule has 0 aliphatic carbocycles. The Hall–Kier alpha value is -1.11. The molecule has 0 unspecified atom stereocenters. The molecule has 0 aromatic carbocycles. The fraction of sp³-hybridized carbons (Fsp3) is 0.750. The zero-order chi connectivity index (χ0) is 11.9. The standard InChI is InChI=1S/C8H14F3N3O/c9-8(10,11)7(15)14-6(13)4-2-1-3-5-12/h1-5,12H2,(H2,13,14,15). The number of amidine groups is 1. The van der Waals surface area contributed by atoms with Crippen molar-refractivity contribution in [1.29, 1.82) is 0 Å². The highest BCUT2D eigenvalue weighted by Gasteiger charge is 2.38. The smallest absolute Gasteiger partial charge is 0.387 e. The summed E-state index contributed by atoms with van der Waals surface area (Å²) >= 11 is 0. The summed E-state index contributed by atoms with van der Waals surface area (Å²) in [4.78, 5) is 13.1. The maximum atomic E-state index is 11.7. The van der Waals surface area contributed by atoms with Crippen LogP contribution in [-0.2, 0) is 4.79 Å². The van der Waals surface area contributed by atoms with Crippen LogP contribution in [0.2, 0.25) is 0 Å². The van der Waals surface area contributed by atoms with Crippen molar-refractivity contribution >= 4 is 11.7 Å². The normalized spacial score (nSPS) is 12.9. The van der Waals surface area contributed by atoms with E-state index in [-0.39, 0.29) is 12.3 Å². The molecule has 0 atom stereocenters. The van der Waals surface area contributed by atoms with Gasteiger partial charge in [-0.1, -0.05) is 6.42 Å². The van der Waals surface area contributed by atoms with Crippen molar-refractivity contribution in [1.82, 2.24) is 0 Å². The summed E-state index contributed by atoms with van der Waals surface area (Å²) in [6.45, 7) is 0.526. The van der Waals surface area contributed by atoms with Crippen LogP contribution in [0.5, 0.6) is 0 Å². The van der Waals surface area contributed by atoms with Gasteiger partial charge in [0.1, 0.15) is 5.84 Å². The first-order valence-corrected chi connectivity index (χ1v) is 4.52. The second-order valence-corrected chi connectivity index (χ2v) is 3.01. The molecule has 0 bridgehead atoms. The predicted octanol–water partition coefficient (Wildman–Crippen LogP) is 0.952. The third-order valence-electron chi connectivity index (χ3n) is 1.62. The molecule has 15 heavy (non-hydrogen) atoms. The van der Waals surface area contributed by atoms with Gasteiger partial charge in [-0.15, -0.1) is 0 Å². The Morgan fingerprint density at radius 1 is 1.20 bits per heavy atom. The minimum absolute atomic E-state index is 0.182. The van der Waals surface area contributed by atoms with Crippen LogP contribution in [0, 0.1) is 0 Å². The number of unbranched alkanes of at least 4 members (excludes halogenated alkanes) is 2. The maximum absolute atomic E-state index is 11.7. The molecule has 0 aromatic heterocycles. The second kappa shape index (κ2) is 6.39. The monoisotopic (exact) mass is 225 g/mol. The highest BCUT2D eigenvalue weighted by molar-refractivity contribution is 5.95. The number of nitrogens with zero attached hydrogens (tertiary/aromatic N) is 1. The molecule has 1 amide bonds. The molecule has 0 aliphatic heterocycles. The average Bonchev–Trinajstić information content (AvgIpc) is 2.11. The van der Waals surface area contributed by atoms with Gasteiger partial charge in [0.25, 0.3) is 0 Å². The molecule has 4 nitrogen and oxygen atoms in total. The van der Waals surface area contributed by atoms with Crippen LogP contribution in [0.25, 0.3) is 0 Å². The predicted molar refractivity (Wildman–Crippen MR) is 50.2 cm³/mol.